The molecule has 0 aliphatic carbocycles. The first-order chi connectivity index (χ1) is 8.02. The summed E-state index contributed by atoms with van der Waals surface area (Å²) in [5.74, 6) is -0.0213. The van der Waals surface area contributed by atoms with Crippen molar-refractivity contribution in [2.24, 2.45) is 0 Å². The number of ether oxygens (including phenoxy) is 1. The van der Waals surface area contributed by atoms with E-state index in [2.05, 4.69) is 24.5 Å². The van der Waals surface area contributed by atoms with Crippen molar-refractivity contribution in [3.63, 3.8) is 0 Å². The van der Waals surface area contributed by atoms with Crippen LogP contribution in [-0.2, 0) is 0 Å². The maximum atomic E-state index is 13.3. The summed E-state index contributed by atoms with van der Waals surface area (Å²) in [6.45, 7) is 6.07. The molecule has 4 heteroatoms. The number of halogens is 1. The fraction of sp³-hybridized carbons (Fsp3) is 0.538. The zero-order valence-electron chi connectivity index (χ0n) is 10.5. The summed E-state index contributed by atoms with van der Waals surface area (Å²) in [5, 5.41) is 6.92. The molecule has 94 valence electrons. The second kappa shape index (κ2) is 4.63. The monoisotopic (exact) mass is 238 g/mol. The van der Waals surface area contributed by atoms with Crippen LogP contribution in [0.5, 0.6) is 5.75 Å². The molecule has 1 heterocycles. The van der Waals surface area contributed by atoms with Crippen LogP contribution < -0.4 is 15.4 Å². The Morgan fingerprint density at radius 1 is 1.41 bits per heavy atom. The molecule has 2 N–H and O–H groups in total. The van der Waals surface area contributed by atoms with Crippen LogP contribution in [-0.4, -0.2) is 25.7 Å². The lowest BCUT2D eigenvalue weighted by Gasteiger charge is -2.38. The smallest absolute Gasteiger partial charge is 0.165 e. The van der Waals surface area contributed by atoms with E-state index in [1.54, 1.807) is 12.1 Å². The zero-order valence-corrected chi connectivity index (χ0v) is 10.5. The minimum Gasteiger partial charge on any atom is -0.494 e. The number of hydrogen-bond donors (Lipinski definition) is 2. The summed E-state index contributed by atoms with van der Waals surface area (Å²) in [6, 6.07) is 5.21. The van der Waals surface area contributed by atoms with Gasteiger partial charge in [0.05, 0.1) is 7.11 Å². The molecule has 1 fully saturated rings. The maximum Gasteiger partial charge on any atom is 0.165 e. The second-order valence-corrected chi connectivity index (χ2v) is 5.11. The number of rotatable bonds is 2. The van der Waals surface area contributed by atoms with Gasteiger partial charge in [-0.3, -0.25) is 0 Å². The van der Waals surface area contributed by atoms with Crippen LogP contribution in [0.3, 0.4) is 0 Å². The highest BCUT2D eigenvalue weighted by atomic mass is 19.1. The molecule has 1 saturated heterocycles. The topological polar surface area (TPSA) is 33.3 Å². The van der Waals surface area contributed by atoms with Crippen molar-refractivity contribution in [1.82, 2.24) is 10.6 Å². The lowest BCUT2D eigenvalue weighted by molar-refractivity contribution is 0.264. The summed E-state index contributed by atoms with van der Waals surface area (Å²) >= 11 is 0. The third-order valence-electron chi connectivity index (χ3n) is 3.06. The van der Waals surface area contributed by atoms with Gasteiger partial charge in [0.2, 0.25) is 0 Å². The van der Waals surface area contributed by atoms with Gasteiger partial charge in [0.1, 0.15) is 0 Å². The Morgan fingerprint density at radius 3 is 2.82 bits per heavy atom. The number of methoxy groups -OCH3 is 1. The second-order valence-electron chi connectivity index (χ2n) is 5.11. The molecule has 0 radical (unpaired) electrons. The predicted octanol–water partition coefficient (Wildman–Crippen LogP) is 1.85. The highest BCUT2D eigenvalue weighted by Gasteiger charge is 2.27. The molecule has 0 spiro atoms. The highest BCUT2D eigenvalue weighted by molar-refractivity contribution is 5.32. The molecule has 1 aliphatic rings. The molecule has 1 aromatic rings. The van der Waals surface area contributed by atoms with Crippen molar-refractivity contribution < 1.29 is 9.13 Å². The van der Waals surface area contributed by atoms with Gasteiger partial charge >= 0.3 is 0 Å². The molecule has 0 aromatic heterocycles. The third kappa shape index (κ3) is 2.76. The number of piperazine rings is 1. The van der Waals surface area contributed by atoms with E-state index in [4.69, 9.17) is 4.74 Å². The first-order valence-electron chi connectivity index (χ1n) is 5.84. The molecule has 1 atom stereocenters. The van der Waals surface area contributed by atoms with Gasteiger partial charge < -0.3 is 15.4 Å². The Morgan fingerprint density at radius 2 is 2.18 bits per heavy atom. The van der Waals surface area contributed by atoms with E-state index in [9.17, 15) is 4.39 Å². The van der Waals surface area contributed by atoms with E-state index in [1.165, 1.54) is 13.2 Å². The number of benzene rings is 1. The van der Waals surface area contributed by atoms with Gasteiger partial charge in [-0.15, -0.1) is 0 Å². The standard InChI is InChI=1S/C13H19FN2O/c1-13(2)8-15-7-11(16-13)9-4-5-10(14)12(6-9)17-3/h4-6,11,15-16H,7-8H2,1-3H3. The fourth-order valence-corrected chi connectivity index (χ4v) is 2.20. The van der Waals surface area contributed by atoms with E-state index >= 15 is 0 Å². The third-order valence-corrected chi connectivity index (χ3v) is 3.06. The van der Waals surface area contributed by atoms with E-state index in [-0.39, 0.29) is 17.4 Å². The van der Waals surface area contributed by atoms with Crippen LogP contribution >= 0.6 is 0 Å². The van der Waals surface area contributed by atoms with Gasteiger partial charge in [-0.2, -0.15) is 0 Å². The molecule has 2 rings (SSSR count). The van der Waals surface area contributed by atoms with E-state index in [0.717, 1.165) is 18.7 Å². The quantitative estimate of drug-likeness (QED) is 0.825. The van der Waals surface area contributed by atoms with Gasteiger partial charge in [0.25, 0.3) is 0 Å². The summed E-state index contributed by atoms with van der Waals surface area (Å²) in [7, 11) is 1.48. The Labute approximate surface area is 101 Å². The normalized spacial score (nSPS) is 23.4. The van der Waals surface area contributed by atoms with Gasteiger partial charge in [-0.05, 0) is 31.5 Å². The molecule has 1 unspecified atom stereocenters. The summed E-state index contributed by atoms with van der Waals surface area (Å²) in [5.41, 5.74) is 1.09. The van der Waals surface area contributed by atoms with Crippen LogP contribution in [0.2, 0.25) is 0 Å². The minimum absolute atomic E-state index is 0.0462. The molecule has 17 heavy (non-hydrogen) atoms. The Bertz CT molecular complexity index is 406. The molecule has 3 nitrogen and oxygen atoms in total. The maximum absolute atomic E-state index is 13.3. The van der Waals surface area contributed by atoms with Crippen LogP contribution in [0.25, 0.3) is 0 Å². The average molecular weight is 238 g/mol. The van der Waals surface area contributed by atoms with Crippen LogP contribution in [0.1, 0.15) is 25.5 Å². The summed E-state index contributed by atoms with van der Waals surface area (Å²) in [4.78, 5) is 0. The minimum atomic E-state index is -0.320. The largest absolute Gasteiger partial charge is 0.494 e. The predicted molar refractivity (Wildman–Crippen MR) is 65.8 cm³/mol. The molecule has 0 bridgehead atoms. The molecule has 1 aliphatic heterocycles. The average Bonchev–Trinajstić information content (AvgIpc) is 2.28. The van der Waals surface area contributed by atoms with Crippen molar-refractivity contribution in [3.8, 4) is 5.75 Å². The first-order valence-corrected chi connectivity index (χ1v) is 5.84. The van der Waals surface area contributed by atoms with E-state index in [1.807, 2.05) is 0 Å². The van der Waals surface area contributed by atoms with Crippen molar-refractivity contribution in [3.05, 3.63) is 29.6 Å². The zero-order chi connectivity index (χ0) is 12.5. The first kappa shape index (κ1) is 12.3. The van der Waals surface area contributed by atoms with E-state index < -0.39 is 0 Å². The van der Waals surface area contributed by atoms with Crippen molar-refractivity contribution in [2.75, 3.05) is 20.2 Å². The van der Waals surface area contributed by atoms with Crippen LogP contribution in [0.4, 0.5) is 4.39 Å². The highest BCUT2D eigenvalue weighted by Crippen LogP contribution is 2.25. The van der Waals surface area contributed by atoms with Crippen molar-refractivity contribution in [2.45, 2.75) is 25.4 Å². The molecule has 1 aromatic carbocycles. The molecular weight excluding hydrogens is 219 g/mol. The van der Waals surface area contributed by atoms with Gasteiger partial charge in [0, 0.05) is 24.7 Å². The molecule has 0 saturated carbocycles. The number of nitrogens with one attached hydrogen (secondary N) is 2. The van der Waals surface area contributed by atoms with Crippen LogP contribution in [0, 0.1) is 5.82 Å². The molecule has 0 amide bonds. The van der Waals surface area contributed by atoms with Crippen molar-refractivity contribution >= 4 is 0 Å². The Kier molecular flexibility index (Phi) is 3.35. The SMILES string of the molecule is COc1cc(C2CNCC(C)(C)N2)ccc1F. The van der Waals surface area contributed by atoms with Gasteiger partial charge in [-0.25, -0.2) is 4.39 Å². The van der Waals surface area contributed by atoms with Gasteiger partial charge in [0.15, 0.2) is 11.6 Å². The van der Waals surface area contributed by atoms with E-state index in [0.29, 0.717) is 5.75 Å². The van der Waals surface area contributed by atoms with Crippen LogP contribution in [0.15, 0.2) is 18.2 Å². The fourth-order valence-electron chi connectivity index (χ4n) is 2.20. The lowest BCUT2D eigenvalue weighted by Crippen LogP contribution is -2.56. The molecular formula is C13H19FN2O. The van der Waals surface area contributed by atoms with Crippen molar-refractivity contribution in [1.29, 1.82) is 0 Å². The summed E-state index contributed by atoms with van der Waals surface area (Å²) in [6.07, 6.45) is 0. The lowest BCUT2D eigenvalue weighted by atomic mass is 9.96. The Hall–Kier alpha value is -1.13. The number of hydrogen-bond acceptors (Lipinski definition) is 3. The van der Waals surface area contributed by atoms with Gasteiger partial charge in [-0.1, -0.05) is 6.07 Å². The summed E-state index contributed by atoms with van der Waals surface area (Å²) < 4.78 is 18.3. The Balaban J connectivity index is 2.22.